The van der Waals surface area contributed by atoms with Crippen LogP contribution in [0.15, 0.2) is 24.3 Å². The Labute approximate surface area is 175 Å². The van der Waals surface area contributed by atoms with E-state index >= 15 is 0 Å². The molecule has 1 atom stereocenters. The van der Waals surface area contributed by atoms with Crippen LogP contribution < -0.4 is 10.1 Å². The van der Waals surface area contributed by atoms with Crippen LogP contribution >= 0.6 is 0 Å². The van der Waals surface area contributed by atoms with Gasteiger partial charge in [0.25, 0.3) is 0 Å². The molecule has 1 unspecified atom stereocenters. The van der Waals surface area contributed by atoms with Crippen LogP contribution in [0, 0.1) is 6.92 Å². The minimum Gasteiger partial charge on any atom is -0.489 e. The number of ether oxygens (including phenoxy) is 1. The Morgan fingerprint density at radius 2 is 1.18 bits per heavy atom. The highest BCUT2D eigenvalue weighted by molar-refractivity contribution is 5.26. The van der Waals surface area contributed by atoms with E-state index in [4.69, 9.17) is 4.74 Å². The molecule has 0 aliphatic heterocycles. The summed E-state index contributed by atoms with van der Waals surface area (Å²) >= 11 is 0. The Morgan fingerprint density at radius 1 is 0.714 bits per heavy atom. The molecular weight excluding hydrogens is 342 g/mol. The lowest BCUT2D eigenvalue weighted by atomic mass is 10.0. The zero-order valence-corrected chi connectivity index (χ0v) is 19.1. The van der Waals surface area contributed by atoms with Crippen molar-refractivity contribution in [1.29, 1.82) is 0 Å². The molecule has 28 heavy (non-hydrogen) atoms. The van der Waals surface area contributed by atoms with Crippen molar-refractivity contribution in [2.75, 3.05) is 13.1 Å². The molecule has 0 saturated carbocycles. The lowest BCUT2D eigenvalue weighted by molar-refractivity contribution is 0.217. The normalized spacial score (nSPS) is 12.2. The molecule has 1 rings (SSSR count). The second-order valence-corrected chi connectivity index (χ2v) is 8.54. The molecule has 0 heterocycles. The van der Waals surface area contributed by atoms with Crippen LogP contribution in [0.1, 0.15) is 109 Å². The quantitative estimate of drug-likeness (QED) is 0.243. The van der Waals surface area contributed by atoms with Gasteiger partial charge in [0.1, 0.15) is 11.9 Å². The predicted octanol–water partition coefficient (Wildman–Crippen LogP) is 7.83. The van der Waals surface area contributed by atoms with Gasteiger partial charge in [-0.3, -0.25) is 0 Å². The van der Waals surface area contributed by atoms with E-state index in [1.165, 1.54) is 95.5 Å². The maximum Gasteiger partial charge on any atom is 0.119 e. The van der Waals surface area contributed by atoms with Crippen LogP contribution in [0.25, 0.3) is 0 Å². The molecule has 0 aliphatic carbocycles. The fraction of sp³-hybridized carbons (Fsp3) is 0.769. The summed E-state index contributed by atoms with van der Waals surface area (Å²) in [5.41, 5.74) is 1.27. The van der Waals surface area contributed by atoms with Gasteiger partial charge in [0.05, 0.1) is 0 Å². The molecule has 0 aromatic heterocycles. The van der Waals surface area contributed by atoms with E-state index in [0.29, 0.717) is 0 Å². The molecule has 1 N–H and O–H groups in total. The Hall–Kier alpha value is -1.02. The number of hydrogen-bond acceptors (Lipinski definition) is 2. The average molecular weight is 390 g/mol. The van der Waals surface area contributed by atoms with E-state index in [0.717, 1.165) is 18.8 Å². The van der Waals surface area contributed by atoms with E-state index in [-0.39, 0.29) is 6.10 Å². The Morgan fingerprint density at radius 3 is 1.68 bits per heavy atom. The van der Waals surface area contributed by atoms with Gasteiger partial charge in [0.15, 0.2) is 0 Å². The molecule has 0 amide bonds. The first-order valence-corrected chi connectivity index (χ1v) is 12.2. The molecule has 0 spiro atoms. The Kier molecular flexibility index (Phi) is 16.1. The van der Waals surface area contributed by atoms with E-state index in [1.807, 2.05) is 0 Å². The molecule has 2 heteroatoms. The van der Waals surface area contributed by atoms with Crippen molar-refractivity contribution >= 4 is 0 Å². The third-order valence-corrected chi connectivity index (χ3v) is 5.50. The number of nitrogens with one attached hydrogen (secondary N) is 1. The fourth-order valence-electron chi connectivity index (χ4n) is 3.64. The van der Waals surface area contributed by atoms with Gasteiger partial charge in [0, 0.05) is 6.54 Å². The van der Waals surface area contributed by atoms with Gasteiger partial charge in [-0.2, -0.15) is 0 Å². The van der Waals surface area contributed by atoms with Gasteiger partial charge in [-0.1, -0.05) is 108 Å². The summed E-state index contributed by atoms with van der Waals surface area (Å²) in [7, 11) is 0. The first kappa shape index (κ1) is 25.0. The zero-order chi connectivity index (χ0) is 20.3. The molecule has 0 aliphatic rings. The molecule has 162 valence electrons. The summed E-state index contributed by atoms with van der Waals surface area (Å²) in [5.74, 6) is 0.969. The highest BCUT2D eigenvalue weighted by Crippen LogP contribution is 2.14. The molecular formula is C26H47NO. The maximum absolute atomic E-state index is 5.93. The van der Waals surface area contributed by atoms with Crippen molar-refractivity contribution in [3.05, 3.63) is 29.8 Å². The van der Waals surface area contributed by atoms with Crippen LogP contribution in [0.3, 0.4) is 0 Å². The van der Waals surface area contributed by atoms with Crippen LogP contribution in [0.5, 0.6) is 5.75 Å². The summed E-state index contributed by atoms with van der Waals surface area (Å²) in [6.45, 7) is 8.56. The average Bonchev–Trinajstić information content (AvgIpc) is 2.69. The Bertz CT molecular complexity index is 442. The maximum atomic E-state index is 5.93. The highest BCUT2D eigenvalue weighted by atomic mass is 16.5. The van der Waals surface area contributed by atoms with Crippen molar-refractivity contribution in [3.8, 4) is 5.75 Å². The molecule has 1 aromatic rings. The van der Waals surface area contributed by atoms with Crippen molar-refractivity contribution in [3.63, 3.8) is 0 Å². The minimum absolute atomic E-state index is 0.217. The van der Waals surface area contributed by atoms with Gasteiger partial charge < -0.3 is 10.1 Å². The van der Waals surface area contributed by atoms with E-state index in [1.54, 1.807) is 0 Å². The summed E-state index contributed by atoms with van der Waals surface area (Å²) < 4.78 is 5.93. The van der Waals surface area contributed by atoms with Crippen LogP contribution in [0.2, 0.25) is 0 Å². The second-order valence-electron chi connectivity index (χ2n) is 8.54. The number of benzene rings is 1. The molecule has 0 bridgehead atoms. The van der Waals surface area contributed by atoms with Gasteiger partial charge in [-0.05, 0) is 38.9 Å². The third-order valence-electron chi connectivity index (χ3n) is 5.50. The SMILES string of the molecule is CCCCCCCCCCCCCCCCNCC(C)Oc1ccc(C)cc1. The van der Waals surface area contributed by atoms with Crippen molar-refractivity contribution in [2.45, 2.75) is 117 Å². The predicted molar refractivity (Wildman–Crippen MR) is 124 cm³/mol. The highest BCUT2D eigenvalue weighted by Gasteiger charge is 2.03. The van der Waals surface area contributed by atoms with Crippen molar-refractivity contribution < 1.29 is 4.74 Å². The minimum atomic E-state index is 0.217. The molecule has 2 nitrogen and oxygen atoms in total. The summed E-state index contributed by atoms with van der Waals surface area (Å²) in [5, 5.41) is 3.54. The Balaban J connectivity index is 1.78. The number of aryl methyl sites for hydroxylation is 1. The zero-order valence-electron chi connectivity index (χ0n) is 19.1. The van der Waals surface area contributed by atoms with Gasteiger partial charge >= 0.3 is 0 Å². The fourth-order valence-corrected chi connectivity index (χ4v) is 3.64. The summed E-state index contributed by atoms with van der Waals surface area (Å²) in [4.78, 5) is 0. The van der Waals surface area contributed by atoms with Gasteiger partial charge in [0.2, 0.25) is 0 Å². The van der Waals surface area contributed by atoms with Crippen molar-refractivity contribution in [2.24, 2.45) is 0 Å². The standard InChI is InChI=1S/C26H47NO/c1-4-5-6-7-8-9-10-11-12-13-14-15-16-17-22-27-23-25(3)28-26-20-18-24(2)19-21-26/h18-21,25,27H,4-17,22-23H2,1-3H3. The monoisotopic (exact) mass is 389 g/mol. The first-order chi connectivity index (χ1) is 13.7. The van der Waals surface area contributed by atoms with E-state index in [9.17, 15) is 0 Å². The van der Waals surface area contributed by atoms with E-state index < -0.39 is 0 Å². The second kappa shape index (κ2) is 18.0. The molecule has 0 saturated heterocycles. The van der Waals surface area contributed by atoms with Crippen LogP contribution in [-0.4, -0.2) is 19.2 Å². The van der Waals surface area contributed by atoms with Gasteiger partial charge in [-0.25, -0.2) is 0 Å². The number of hydrogen-bond donors (Lipinski definition) is 1. The molecule has 0 fully saturated rings. The third kappa shape index (κ3) is 15.0. The first-order valence-electron chi connectivity index (χ1n) is 12.2. The van der Waals surface area contributed by atoms with Gasteiger partial charge in [-0.15, -0.1) is 0 Å². The number of unbranched alkanes of at least 4 members (excludes halogenated alkanes) is 13. The molecule has 1 aromatic carbocycles. The molecule has 0 radical (unpaired) electrons. The topological polar surface area (TPSA) is 21.3 Å². The lowest BCUT2D eigenvalue weighted by Crippen LogP contribution is -2.29. The van der Waals surface area contributed by atoms with E-state index in [2.05, 4.69) is 50.4 Å². The lowest BCUT2D eigenvalue weighted by Gasteiger charge is -2.15. The summed E-state index contributed by atoms with van der Waals surface area (Å²) in [6.07, 6.45) is 20.1. The van der Waals surface area contributed by atoms with Crippen LogP contribution in [-0.2, 0) is 0 Å². The number of rotatable bonds is 19. The summed E-state index contributed by atoms with van der Waals surface area (Å²) in [6, 6.07) is 8.31. The smallest absolute Gasteiger partial charge is 0.119 e. The largest absolute Gasteiger partial charge is 0.489 e. The van der Waals surface area contributed by atoms with Crippen LogP contribution in [0.4, 0.5) is 0 Å². The van der Waals surface area contributed by atoms with Crippen molar-refractivity contribution in [1.82, 2.24) is 5.32 Å².